The Bertz CT molecular complexity index is 6150. The number of hydrogen-bond acceptors (Lipinski definition) is 0. The lowest BCUT2D eigenvalue weighted by molar-refractivity contribution is 0.673. The smallest absolute Gasteiger partial charge is 0.0626 e. The highest BCUT2D eigenvalue weighted by Gasteiger charge is 2.41. The van der Waals surface area contributed by atoms with Gasteiger partial charge in [-0.3, -0.25) is 0 Å². The van der Waals surface area contributed by atoms with Crippen LogP contribution < -0.4 is 0 Å². The molecule has 0 aliphatic heterocycles. The van der Waals surface area contributed by atoms with Crippen molar-refractivity contribution >= 4 is 163 Å². The molecule has 4 heteroatoms. The van der Waals surface area contributed by atoms with E-state index in [9.17, 15) is 0 Å². The molecule has 0 N–H and O–H groups in total. The van der Waals surface area contributed by atoms with Gasteiger partial charge < -0.3 is 17.6 Å². The fourth-order valence-corrected chi connectivity index (χ4v) is 16.6. The maximum atomic E-state index is 2.60. The third-order valence-electron chi connectivity index (χ3n) is 19.4. The molecule has 4 nitrogen and oxygen atoms in total. The van der Waals surface area contributed by atoms with Crippen LogP contribution in [0.25, 0.3) is 185 Å². The number of hydrogen-bond donors (Lipinski definition) is 0. The summed E-state index contributed by atoms with van der Waals surface area (Å²) >= 11 is 0. The van der Waals surface area contributed by atoms with Crippen molar-refractivity contribution in [1.82, 2.24) is 17.6 Å². The number of rotatable bonds is 1. The van der Waals surface area contributed by atoms with Crippen molar-refractivity contribution < 1.29 is 0 Å². The molecule has 0 fully saturated rings. The average Bonchev–Trinajstić information content (AvgIpc) is 4.01. The Morgan fingerprint density at radius 2 is 0.610 bits per heavy atom. The van der Waals surface area contributed by atoms with Gasteiger partial charge >= 0.3 is 0 Å². The van der Waals surface area contributed by atoms with Crippen molar-refractivity contribution in [3.63, 3.8) is 0 Å². The zero-order valence-corrected chi connectivity index (χ0v) is 41.9. The van der Waals surface area contributed by atoms with Gasteiger partial charge in [0.05, 0.1) is 66.2 Å². The summed E-state index contributed by atoms with van der Waals surface area (Å²) in [5.41, 5.74) is 23.3. The molecular formula is C73H40N4. The second-order valence-corrected chi connectivity index (χ2v) is 23.1. The number of benzene rings is 12. The van der Waals surface area contributed by atoms with Crippen LogP contribution in [0, 0.1) is 0 Å². The van der Waals surface area contributed by atoms with E-state index in [1.54, 1.807) is 0 Å². The highest BCUT2D eigenvalue weighted by Crippen LogP contribution is 2.58. The first-order chi connectivity index (χ1) is 38.0. The Kier molecular flexibility index (Phi) is 6.24. The molecule has 21 rings (SSSR count). The van der Waals surface area contributed by atoms with Gasteiger partial charge in [-0.25, -0.2) is 0 Å². The van der Waals surface area contributed by atoms with Crippen molar-refractivity contribution in [2.45, 2.75) is 19.3 Å². The molecule has 8 aromatic heterocycles. The summed E-state index contributed by atoms with van der Waals surface area (Å²) in [7, 11) is 0. The molecule has 12 aromatic carbocycles. The quantitative estimate of drug-likeness (QED) is 0.156. The largest absolute Gasteiger partial charge is 0.308 e. The van der Waals surface area contributed by atoms with E-state index >= 15 is 0 Å². The molecule has 1 aliphatic carbocycles. The lowest BCUT2D eigenvalue weighted by Crippen LogP contribution is -2.16. The van der Waals surface area contributed by atoms with E-state index < -0.39 is 0 Å². The number of para-hydroxylation sites is 6. The van der Waals surface area contributed by atoms with Gasteiger partial charge in [0, 0.05) is 91.6 Å². The molecule has 0 saturated heterocycles. The summed E-state index contributed by atoms with van der Waals surface area (Å²) in [6.45, 7) is 4.97. The topological polar surface area (TPSA) is 17.6 Å². The maximum absolute atomic E-state index is 2.60. The first-order valence-electron chi connectivity index (χ1n) is 27.2. The van der Waals surface area contributed by atoms with Crippen LogP contribution in [0.2, 0.25) is 0 Å². The van der Waals surface area contributed by atoms with Gasteiger partial charge in [0.2, 0.25) is 0 Å². The SMILES string of the molecule is CC1(C)c2c(ccc3c2c2cccc4c5ccccc5n3c42)-c2ccc3c(c21)c1cccc2c4c(-c5ccc6c7cc8cc9c(cc8cc7n7c8ccccc8c5c67)c5cccc6c7ccccc7n9c65)cccc4n3c21. The second kappa shape index (κ2) is 12.4. The minimum absolute atomic E-state index is 0.260. The Morgan fingerprint density at radius 1 is 0.234 bits per heavy atom. The van der Waals surface area contributed by atoms with Gasteiger partial charge in [0.25, 0.3) is 0 Å². The average molecular weight is 973 g/mol. The van der Waals surface area contributed by atoms with Crippen LogP contribution in [-0.2, 0) is 5.41 Å². The van der Waals surface area contributed by atoms with Crippen molar-refractivity contribution in [3.05, 3.63) is 217 Å². The van der Waals surface area contributed by atoms with E-state index in [1.807, 2.05) is 0 Å². The zero-order valence-electron chi connectivity index (χ0n) is 41.9. The van der Waals surface area contributed by atoms with Crippen LogP contribution in [0.5, 0.6) is 0 Å². The predicted molar refractivity (Wildman–Crippen MR) is 326 cm³/mol. The lowest BCUT2D eigenvalue weighted by Gasteiger charge is -2.24. The number of aromatic nitrogens is 4. The van der Waals surface area contributed by atoms with E-state index in [2.05, 4.69) is 238 Å². The third kappa shape index (κ3) is 4.08. The minimum Gasteiger partial charge on any atom is -0.308 e. The van der Waals surface area contributed by atoms with Gasteiger partial charge in [0.15, 0.2) is 0 Å². The van der Waals surface area contributed by atoms with E-state index in [0.717, 1.165) is 0 Å². The fourth-order valence-electron chi connectivity index (χ4n) is 16.6. The molecule has 0 amide bonds. The molecule has 0 saturated carbocycles. The highest BCUT2D eigenvalue weighted by atomic mass is 14.9. The van der Waals surface area contributed by atoms with Gasteiger partial charge in [-0.2, -0.15) is 0 Å². The molecule has 0 spiro atoms. The summed E-state index contributed by atoms with van der Waals surface area (Å²) in [4.78, 5) is 0. The van der Waals surface area contributed by atoms with Crippen LogP contribution in [-0.4, -0.2) is 17.6 Å². The number of nitrogens with zero attached hydrogens (tertiary/aromatic N) is 4. The molecule has 0 bridgehead atoms. The Balaban J connectivity index is 0.804. The molecule has 77 heavy (non-hydrogen) atoms. The fraction of sp³-hybridized carbons (Fsp3) is 0.0411. The molecule has 352 valence electrons. The molecule has 1 aliphatic rings. The summed E-state index contributed by atoms with van der Waals surface area (Å²) in [6.07, 6.45) is 0. The minimum atomic E-state index is -0.260. The van der Waals surface area contributed by atoms with Crippen LogP contribution >= 0.6 is 0 Å². The maximum Gasteiger partial charge on any atom is 0.0626 e. The first-order valence-corrected chi connectivity index (χ1v) is 27.2. The predicted octanol–water partition coefficient (Wildman–Crippen LogP) is 19.4. The second-order valence-electron chi connectivity index (χ2n) is 23.1. The van der Waals surface area contributed by atoms with Gasteiger partial charge in [-0.05, 0) is 105 Å². The van der Waals surface area contributed by atoms with Gasteiger partial charge in [-0.1, -0.05) is 159 Å². The third-order valence-corrected chi connectivity index (χ3v) is 19.4. The zero-order chi connectivity index (χ0) is 49.6. The summed E-state index contributed by atoms with van der Waals surface area (Å²) in [5, 5.41) is 23.7. The van der Waals surface area contributed by atoms with Crippen molar-refractivity contribution in [1.29, 1.82) is 0 Å². The van der Waals surface area contributed by atoms with Crippen molar-refractivity contribution in [3.8, 4) is 22.3 Å². The summed E-state index contributed by atoms with van der Waals surface area (Å²) in [5.74, 6) is 0. The lowest BCUT2D eigenvalue weighted by atomic mass is 9.78. The monoisotopic (exact) mass is 972 g/mol. The van der Waals surface area contributed by atoms with Crippen LogP contribution in [0.4, 0.5) is 0 Å². The molecular weight excluding hydrogens is 933 g/mol. The molecule has 0 radical (unpaired) electrons. The van der Waals surface area contributed by atoms with E-state index in [0.29, 0.717) is 0 Å². The van der Waals surface area contributed by atoms with Crippen LogP contribution in [0.1, 0.15) is 25.0 Å². The van der Waals surface area contributed by atoms with E-state index in [1.165, 1.54) is 197 Å². The van der Waals surface area contributed by atoms with Crippen LogP contribution in [0.3, 0.4) is 0 Å². The first kappa shape index (κ1) is 38.6. The van der Waals surface area contributed by atoms with E-state index in [-0.39, 0.29) is 5.41 Å². The molecule has 20 aromatic rings. The van der Waals surface area contributed by atoms with Crippen molar-refractivity contribution in [2.75, 3.05) is 0 Å². The molecule has 0 unspecified atom stereocenters. The van der Waals surface area contributed by atoms with Gasteiger partial charge in [0.1, 0.15) is 0 Å². The molecule has 8 heterocycles. The molecule has 0 atom stereocenters. The van der Waals surface area contributed by atoms with Crippen molar-refractivity contribution in [2.24, 2.45) is 0 Å². The number of fused-ring (bicyclic) bond motifs is 30. The Labute approximate surface area is 437 Å². The van der Waals surface area contributed by atoms with E-state index in [4.69, 9.17) is 0 Å². The van der Waals surface area contributed by atoms with Crippen LogP contribution in [0.15, 0.2) is 206 Å². The highest BCUT2D eigenvalue weighted by molar-refractivity contribution is 6.34. The normalized spacial score (nSPS) is 14.2. The Hall–Kier alpha value is -9.90. The van der Waals surface area contributed by atoms with Gasteiger partial charge in [-0.15, -0.1) is 0 Å². The Morgan fingerprint density at radius 3 is 1.22 bits per heavy atom. The standard InChI is InChI=1S/C73H40N4/c1-73(2)67-43(29-31-59-65(67)51-21-10-18-46-40-14-3-6-23-55(40)74(59)70(46)51)44-30-32-60-66(68(44)73)52-22-11-20-50-63-41(16-12-26-58(63)77(60)71(50)52)42-27-28-48-54-34-38-35-61-53(47-19-9-17-45-39-13-4-7-24-56(39)75(61)69(45)47)33-37(38)36-62(54)76-57-25-8-5-15-49(57)64(42)72(48)76/h3-36H,1-2H3. The summed E-state index contributed by atoms with van der Waals surface area (Å²) in [6, 6.07) is 79.1. The summed E-state index contributed by atoms with van der Waals surface area (Å²) < 4.78 is 10.2.